The number of rotatable bonds is 11. The number of ketones is 1. The second-order valence-electron chi connectivity index (χ2n) is 7.23. The molecule has 3 nitrogen and oxygen atoms in total. The van der Waals surface area contributed by atoms with Crippen LogP contribution in [-0.2, 0) is 33.2 Å². The molecule has 0 spiro atoms. The highest BCUT2D eigenvalue weighted by Gasteiger charge is 2.06. The number of sulfone groups is 1. The van der Waals surface area contributed by atoms with E-state index >= 15 is 0 Å². The number of benzene rings is 2. The molecule has 152 valence electrons. The second kappa shape index (κ2) is 11.0. The minimum absolute atomic E-state index is 0.0500. The maximum absolute atomic E-state index is 12.1. The lowest BCUT2D eigenvalue weighted by Gasteiger charge is -2.05. The van der Waals surface area contributed by atoms with Crippen LogP contribution in [0, 0.1) is 0 Å². The maximum atomic E-state index is 12.1. The summed E-state index contributed by atoms with van der Waals surface area (Å²) >= 11 is 11.9. The molecule has 0 aliphatic rings. The fourth-order valence-corrected chi connectivity index (χ4v) is 4.16. The number of hydrogen-bond acceptors (Lipinski definition) is 3. The van der Waals surface area contributed by atoms with E-state index in [1.807, 2.05) is 42.5 Å². The molecule has 0 N–H and O–H groups in total. The predicted octanol–water partition coefficient (Wildman–Crippen LogP) is 5.84. The van der Waals surface area contributed by atoms with Crippen LogP contribution in [0.2, 0.25) is 10.0 Å². The van der Waals surface area contributed by atoms with E-state index in [1.165, 1.54) is 11.8 Å². The molecule has 6 heteroatoms. The minimum Gasteiger partial charge on any atom is -0.300 e. The molecule has 0 bridgehead atoms. The Hall–Kier alpha value is -1.36. The number of hydrogen-bond donors (Lipinski definition) is 0. The minimum atomic E-state index is -3.02. The van der Waals surface area contributed by atoms with Gasteiger partial charge in [0, 0.05) is 19.1 Å². The van der Waals surface area contributed by atoms with Crippen LogP contribution >= 0.6 is 23.2 Å². The summed E-state index contributed by atoms with van der Waals surface area (Å²) in [6.45, 7) is 0. The first kappa shape index (κ1) is 22.9. The Morgan fingerprint density at radius 3 is 2.07 bits per heavy atom. The number of carbonyl (C=O) groups excluding carboxylic acids is 1. The van der Waals surface area contributed by atoms with E-state index in [0.717, 1.165) is 36.8 Å². The Morgan fingerprint density at radius 2 is 1.43 bits per heavy atom. The van der Waals surface area contributed by atoms with Crippen LogP contribution in [0.15, 0.2) is 42.5 Å². The Bertz CT molecular complexity index is 890. The number of Topliss-reactive ketones (excluding diaryl/α,β-unsaturated/α-hetero) is 1. The third-order valence-corrected chi connectivity index (χ3v) is 6.15. The van der Waals surface area contributed by atoms with Crippen LogP contribution < -0.4 is 0 Å². The molecule has 0 atom stereocenters. The van der Waals surface area contributed by atoms with E-state index in [1.54, 1.807) is 0 Å². The largest absolute Gasteiger partial charge is 0.300 e. The van der Waals surface area contributed by atoms with Gasteiger partial charge in [0.05, 0.1) is 15.8 Å². The van der Waals surface area contributed by atoms with Crippen molar-refractivity contribution in [2.45, 2.75) is 50.7 Å². The highest BCUT2D eigenvalue weighted by Crippen LogP contribution is 2.23. The molecule has 28 heavy (non-hydrogen) atoms. The quantitative estimate of drug-likeness (QED) is 0.412. The Morgan fingerprint density at radius 1 is 0.786 bits per heavy atom. The molecule has 2 rings (SSSR count). The molecule has 2 aromatic carbocycles. The average Bonchev–Trinajstić information content (AvgIpc) is 2.62. The molecule has 0 aromatic heterocycles. The van der Waals surface area contributed by atoms with Gasteiger partial charge < -0.3 is 0 Å². The predicted molar refractivity (Wildman–Crippen MR) is 117 cm³/mol. The van der Waals surface area contributed by atoms with Crippen molar-refractivity contribution in [2.75, 3.05) is 6.26 Å². The molecule has 0 unspecified atom stereocenters. The van der Waals surface area contributed by atoms with Gasteiger partial charge in [0.1, 0.15) is 5.78 Å². The summed E-state index contributed by atoms with van der Waals surface area (Å²) in [6.07, 6.45) is 6.91. The molecule has 0 saturated heterocycles. The summed E-state index contributed by atoms with van der Waals surface area (Å²) < 4.78 is 22.6. The van der Waals surface area contributed by atoms with Crippen LogP contribution in [0.5, 0.6) is 0 Å². The first-order chi connectivity index (χ1) is 13.2. The highest BCUT2D eigenvalue weighted by atomic mass is 35.5. The van der Waals surface area contributed by atoms with Gasteiger partial charge in [-0.25, -0.2) is 8.42 Å². The zero-order valence-corrected chi connectivity index (χ0v) is 18.4. The number of carbonyl (C=O) groups is 1. The van der Waals surface area contributed by atoms with Crippen molar-refractivity contribution in [3.8, 4) is 0 Å². The van der Waals surface area contributed by atoms with Crippen molar-refractivity contribution in [1.29, 1.82) is 0 Å². The topological polar surface area (TPSA) is 51.2 Å². The van der Waals surface area contributed by atoms with Gasteiger partial charge in [0.25, 0.3) is 0 Å². The van der Waals surface area contributed by atoms with Crippen molar-refractivity contribution >= 4 is 38.8 Å². The molecule has 0 fully saturated rings. The summed E-state index contributed by atoms with van der Waals surface area (Å²) in [5.74, 6) is 0.323. The van der Waals surface area contributed by atoms with E-state index in [-0.39, 0.29) is 11.5 Å². The molecule has 0 aliphatic heterocycles. The van der Waals surface area contributed by atoms with Gasteiger partial charge in [-0.3, -0.25) is 4.79 Å². The molecule has 0 radical (unpaired) electrons. The van der Waals surface area contributed by atoms with Gasteiger partial charge in [0.15, 0.2) is 9.84 Å². The Labute approximate surface area is 178 Å². The van der Waals surface area contributed by atoms with Crippen molar-refractivity contribution in [3.63, 3.8) is 0 Å². The number of aryl methyl sites for hydroxylation is 2. The van der Waals surface area contributed by atoms with Gasteiger partial charge in [-0.05, 0) is 54.5 Å². The fraction of sp³-hybridized carbons (Fsp3) is 0.409. The summed E-state index contributed by atoms with van der Waals surface area (Å²) in [5, 5.41) is 1.15. The number of halogens is 2. The van der Waals surface area contributed by atoms with Gasteiger partial charge in [-0.15, -0.1) is 0 Å². The second-order valence-corrected chi connectivity index (χ2v) is 10.2. The lowest BCUT2D eigenvalue weighted by Crippen LogP contribution is -2.02. The van der Waals surface area contributed by atoms with Crippen LogP contribution in [0.3, 0.4) is 0 Å². The summed E-state index contributed by atoms with van der Waals surface area (Å²) in [7, 11) is -3.02. The molecular weight excluding hydrogens is 415 g/mol. The lowest BCUT2D eigenvalue weighted by molar-refractivity contribution is -0.119. The van der Waals surface area contributed by atoms with Crippen LogP contribution in [0.1, 0.15) is 48.8 Å². The lowest BCUT2D eigenvalue weighted by atomic mass is 10.0. The molecule has 0 amide bonds. The molecule has 0 aliphatic carbocycles. The zero-order valence-electron chi connectivity index (χ0n) is 16.1. The van der Waals surface area contributed by atoms with E-state index in [9.17, 15) is 13.2 Å². The Balaban J connectivity index is 1.62. The summed E-state index contributed by atoms with van der Waals surface area (Å²) in [4.78, 5) is 12.1. The smallest absolute Gasteiger partial charge is 0.151 e. The standard InChI is InChI=1S/C22H26Cl2O3S/c1-28(26,27)16-19-9-7-17(8-10-19)11-13-20(25)6-4-2-3-5-18-12-14-21(23)22(24)15-18/h7-10,12,14-15H,2-6,11,13,16H2,1H3. The van der Waals surface area contributed by atoms with Gasteiger partial charge in [-0.1, -0.05) is 60.0 Å². The normalized spacial score (nSPS) is 11.5. The molecule has 0 heterocycles. The highest BCUT2D eigenvalue weighted by molar-refractivity contribution is 7.89. The van der Waals surface area contributed by atoms with Crippen LogP contribution in [-0.4, -0.2) is 20.5 Å². The van der Waals surface area contributed by atoms with Gasteiger partial charge in [-0.2, -0.15) is 0 Å². The third kappa shape index (κ3) is 8.76. The first-order valence-corrected chi connectivity index (χ1v) is 12.3. The molecule has 2 aromatic rings. The zero-order chi connectivity index (χ0) is 20.6. The third-order valence-electron chi connectivity index (χ3n) is 4.55. The van der Waals surface area contributed by atoms with E-state index < -0.39 is 9.84 Å². The van der Waals surface area contributed by atoms with E-state index in [0.29, 0.717) is 29.3 Å². The van der Waals surface area contributed by atoms with Crippen LogP contribution in [0.25, 0.3) is 0 Å². The van der Waals surface area contributed by atoms with Crippen LogP contribution in [0.4, 0.5) is 0 Å². The SMILES string of the molecule is CS(=O)(=O)Cc1ccc(CCC(=O)CCCCCc2ccc(Cl)c(Cl)c2)cc1. The van der Waals surface area contributed by atoms with Gasteiger partial charge in [0.2, 0.25) is 0 Å². The maximum Gasteiger partial charge on any atom is 0.151 e. The van der Waals surface area contributed by atoms with E-state index in [2.05, 4.69) is 0 Å². The molecular formula is C22H26Cl2O3S. The summed E-state index contributed by atoms with van der Waals surface area (Å²) in [5.41, 5.74) is 3.00. The van der Waals surface area contributed by atoms with Crippen molar-refractivity contribution in [3.05, 3.63) is 69.2 Å². The van der Waals surface area contributed by atoms with E-state index in [4.69, 9.17) is 23.2 Å². The van der Waals surface area contributed by atoms with Gasteiger partial charge >= 0.3 is 0 Å². The monoisotopic (exact) mass is 440 g/mol. The number of unbranched alkanes of at least 4 members (excludes halogenated alkanes) is 2. The Kier molecular flexibility index (Phi) is 9.00. The average molecular weight is 441 g/mol. The first-order valence-electron chi connectivity index (χ1n) is 9.44. The van der Waals surface area contributed by atoms with Crippen molar-refractivity contribution in [1.82, 2.24) is 0 Å². The van der Waals surface area contributed by atoms with Crippen molar-refractivity contribution < 1.29 is 13.2 Å². The summed E-state index contributed by atoms with van der Waals surface area (Å²) in [6, 6.07) is 13.2. The molecule has 0 saturated carbocycles. The van der Waals surface area contributed by atoms with Crippen molar-refractivity contribution in [2.24, 2.45) is 0 Å². The fourth-order valence-electron chi connectivity index (χ4n) is 3.04.